The maximum absolute atomic E-state index is 6.84. The third kappa shape index (κ3) is 6.94. The first-order valence-corrected chi connectivity index (χ1v) is 21.2. The van der Waals surface area contributed by atoms with Crippen molar-refractivity contribution in [3.8, 4) is 67.0 Å². The molecule has 0 N–H and O–H groups in total. The summed E-state index contributed by atoms with van der Waals surface area (Å²) in [6.45, 7) is 0. The second-order valence-corrected chi connectivity index (χ2v) is 15.7. The van der Waals surface area contributed by atoms with Gasteiger partial charge in [0, 0.05) is 27.9 Å². The first-order valence-electron chi connectivity index (χ1n) is 21.2. The number of rotatable bonds is 9. The van der Waals surface area contributed by atoms with Gasteiger partial charge in [-0.25, -0.2) is 0 Å². The Hall–Kier alpha value is -8.20. The van der Waals surface area contributed by atoms with Gasteiger partial charge < -0.3 is 9.32 Å². The van der Waals surface area contributed by atoms with E-state index in [4.69, 9.17) is 4.42 Å². The number of hydrogen-bond acceptors (Lipinski definition) is 2. The van der Waals surface area contributed by atoms with E-state index in [0.717, 1.165) is 61.6 Å². The molecule has 11 rings (SSSR count). The van der Waals surface area contributed by atoms with Gasteiger partial charge in [0.05, 0.1) is 5.69 Å². The molecule has 0 atom stereocenters. The second kappa shape index (κ2) is 16.1. The maximum Gasteiger partial charge on any atom is 0.145 e. The summed E-state index contributed by atoms with van der Waals surface area (Å²) in [7, 11) is 0. The molecule has 0 spiro atoms. The van der Waals surface area contributed by atoms with Crippen molar-refractivity contribution >= 4 is 38.8 Å². The van der Waals surface area contributed by atoms with Crippen LogP contribution in [0.25, 0.3) is 88.7 Å². The molecule has 0 aliphatic rings. The van der Waals surface area contributed by atoms with E-state index in [-0.39, 0.29) is 0 Å². The lowest BCUT2D eigenvalue weighted by atomic mass is 9.96. The largest absolute Gasteiger partial charge is 0.455 e. The van der Waals surface area contributed by atoms with Gasteiger partial charge in [0.25, 0.3) is 0 Å². The van der Waals surface area contributed by atoms with Crippen LogP contribution in [0.2, 0.25) is 0 Å². The molecule has 2 nitrogen and oxygen atoms in total. The fourth-order valence-electron chi connectivity index (χ4n) is 8.83. The Balaban J connectivity index is 0.997. The van der Waals surface area contributed by atoms with Gasteiger partial charge in [-0.15, -0.1) is 0 Å². The van der Waals surface area contributed by atoms with Crippen molar-refractivity contribution in [2.45, 2.75) is 0 Å². The molecule has 1 heterocycles. The first kappa shape index (κ1) is 36.8. The van der Waals surface area contributed by atoms with Crippen LogP contribution < -0.4 is 4.90 Å². The van der Waals surface area contributed by atoms with Crippen molar-refractivity contribution in [2.24, 2.45) is 0 Å². The minimum Gasteiger partial charge on any atom is -0.455 e. The number of hydrogen-bond donors (Lipinski definition) is 0. The van der Waals surface area contributed by atoms with Crippen LogP contribution in [-0.4, -0.2) is 0 Å². The van der Waals surface area contributed by atoms with E-state index in [9.17, 15) is 0 Å². The van der Waals surface area contributed by atoms with E-state index in [0.29, 0.717) is 0 Å². The zero-order valence-corrected chi connectivity index (χ0v) is 34.0. The molecule has 1 aromatic heterocycles. The molecule has 0 amide bonds. The van der Waals surface area contributed by atoms with Gasteiger partial charge in [0.2, 0.25) is 0 Å². The van der Waals surface area contributed by atoms with Gasteiger partial charge in [-0.05, 0) is 103 Å². The average Bonchev–Trinajstić information content (AvgIpc) is 3.75. The lowest BCUT2D eigenvalue weighted by Gasteiger charge is -2.28. The van der Waals surface area contributed by atoms with Gasteiger partial charge >= 0.3 is 0 Å². The van der Waals surface area contributed by atoms with Crippen LogP contribution in [0.3, 0.4) is 0 Å². The molecule has 0 unspecified atom stereocenters. The number of nitrogens with zero attached hydrogens (tertiary/aromatic N) is 1. The summed E-state index contributed by atoms with van der Waals surface area (Å²) < 4.78 is 6.84. The van der Waals surface area contributed by atoms with Gasteiger partial charge in [-0.1, -0.05) is 206 Å². The van der Waals surface area contributed by atoms with E-state index in [1.54, 1.807) is 0 Å². The van der Waals surface area contributed by atoms with Crippen LogP contribution in [-0.2, 0) is 0 Å². The first-order chi connectivity index (χ1) is 30.7. The fourth-order valence-corrected chi connectivity index (χ4v) is 8.83. The Labute approximate surface area is 362 Å². The zero-order chi connectivity index (χ0) is 41.2. The number of fused-ring (bicyclic) bond motifs is 2. The van der Waals surface area contributed by atoms with Crippen LogP contribution in [0, 0.1) is 0 Å². The topological polar surface area (TPSA) is 16.4 Å². The van der Waals surface area contributed by atoms with Crippen molar-refractivity contribution in [1.82, 2.24) is 0 Å². The SMILES string of the molecule is c1ccc(-c2ccc(-c3ccc(N(c4ccc(-c5ccc(-c6cccc7ccccc67)cc5)cc4)c4ccccc4-c4oc5ccccc5c4-c4ccccc4)cc3)cc2)cc1. The molecule has 11 aromatic rings. The Bertz CT molecular complexity index is 3290. The van der Waals surface area contributed by atoms with Gasteiger partial charge in [0.1, 0.15) is 11.3 Å². The number of benzene rings is 10. The van der Waals surface area contributed by atoms with Crippen LogP contribution in [0.15, 0.2) is 253 Å². The van der Waals surface area contributed by atoms with Gasteiger partial charge in [-0.2, -0.15) is 0 Å². The Morgan fingerprint density at radius 3 is 1.31 bits per heavy atom. The molecule has 0 saturated carbocycles. The molecule has 2 heteroatoms. The highest BCUT2D eigenvalue weighted by Crippen LogP contribution is 2.47. The predicted molar refractivity (Wildman–Crippen MR) is 261 cm³/mol. The second-order valence-electron chi connectivity index (χ2n) is 15.7. The molecule has 10 aromatic carbocycles. The molecule has 62 heavy (non-hydrogen) atoms. The van der Waals surface area contributed by atoms with E-state index >= 15 is 0 Å². The molecule has 0 saturated heterocycles. The smallest absolute Gasteiger partial charge is 0.145 e. The Kier molecular flexibility index (Phi) is 9.57. The molecule has 0 radical (unpaired) electrons. The summed E-state index contributed by atoms with van der Waals surface area (Å²) in [6.07, 6.45) is 0. The van der Waals surface area contributed by atoms with Crippen molar-refractivity contribution in [1.29, 1.82) is 0 Å². The van der Waals surface area contributed by atoms with Crippen molar-refractivity contribution in [3.63, 3.8) is 0 Å². The van der Waals surface area contributed by atoms with E-state index in [2.05, 4.69) is 248 Å². The molecule has 0 bridgehead atoms. The molecule has 0 aliphatic heterocycles. The number of anilines is 3. The minimum atomic E-state index is 0.844. The van der Waals surface area contributed by atoms with Crippen LogP contribution >= 0.6 is 0 Å². The summed E-state index contributed by atoms with van der Waals surface area (Å²) >= 11 is 0. The highest BCUT2D eigenvalue weighted by Gasteiger charge is 2.24. The molecule has 292 valence electrons. The van der Waals surface area contributed by atoms with E-state index in [1.165, 1.54) is 44.2 Å². The van der Waals surface area contributed by atoms with Crippen LogP contribution in [0.1, 0.15) is 0 Å². The van der Waals surface area contributed by atoms with Crippen molar-refractivity contribution in [2.75, 3.05) is 4.90 Å². The van der Waals surface area contributed by atoms with Crippen LogP contribution in [0.4, 0.5) is 17.1 Å². The summed E-state index contributed by atoms with van der Waals surface area (Å²) in [5.41, 5.74) is 16.7. The monoisotopic (exact) mass is 791 g/mol. The standard InChI is InChI=1S/C60H41NO/c1-3-14-42(15-4-1)43-26-28-44(29-27-43)46-34-38-51(39-35-46)61(57-24-11-9-21-55(57)60-59(50-17-5-2-6-18-50)56-22-10-12-25-58(56)62-60)52-40-36-47(37-41-52)45-30-32-49(33-31-45)54-23-13-19-48-16-7-8-20-53(48)54/h1-41H. The Morgan fingerprint density at radius 2 is 0.694 bits per heavy atom. The third-order valence-corrected chi connectivity index (χ3v) is 11.9. The van der Waals surface area contributed by atoms with E-state index < -0.39 is 0 Å². The van der Waals surface area contributed by atoms with Gasteiger partial charge in [0.15, 0.2) is 0 Å². The predicted octanol–water partition coefficient (Wildman–Crippen LogP) is 17.1. The molecule has 0 fully saturated rings. The molecular formula is C60H41NO. The highest BCUT2D eigenvalue weighted by molar-refractivity contribution is 6.04. The van der Waals surface area contributed by atoms with Gasteiger partial charge in [-0.3, -0.25) is 0 Å². The quantitative estimate of drug-likeness (QED) is 0.145. The summed E-state index contributed by atoms with van der Waals surface area (Å²) in [5, 5.41) is 3.60. The Morgan fingerprint density at radius 1 is 0.274 bits per heavy atom. The van der Waals surface area contributed by atoms with Crippen LogP contribution in [0.5, 0.6) is 0 Å². The number of furan rings is 1. The summed E-state index contributed by atoms with van der Waals surface area (Å²) in [4.78, 5) is 2.35. The summed E-state index contributed by atoms with van der Waals surface area (Å²) in [5.74, 6) is 0.844. The lowest BCUT2D eigenvalue weighted by Crippen LogP contribution is -2.11. The van der Waals surface area contributed by atoms with E-state index in [1.807, 2.05) is 6.07 Å². The highest BCUT2D eigenvalue weighted by atomic mass is 16.3. The molecule has 0 aliphatic carbocycles. The number of para-hydroxylation sites is 2. The normalized spacial score (nSPS) is 11.2. The van der Waals surface area contributed by atoms with Crippen molar-refractivity contribution < 1.29 is 4.42 Å². The average molecular weight is 792 g/mol. The lowest BCUT2D eigenvalue weighted by molar-refractivity contribution is 0.632. The summed E-state index contributed by atoms with van der Waals surface area (Å²) in [6, 6.07) is 88.8. The zero-order valence-electron chi connectivity index (χ0n) is 34.0. The molecular weight excluding hydrogens is 751 g/mol. The fraction of sp³-hybridized carbons (Fsp3) is 0. The van der Waals surface area contributed by atoms with Crippen molar-refractivity contribution in [3.05, 3.63) is 249 Å². The maximum atomic E-state index is 6.84. The minimum absolute atomic E-state index is 0.844. The third-order valence-electron chi connectivity index (χ3n) is 11.9.